The van der Waals surface area contributed by atoms with Crippen LogP contribution < -0.4 is 21.1 Å². The maximum atomic E-state index is 15.1. The van der Waals surface area contributed by atoms with E-state index in [1.807, 2.05) is 72.8 Å². The van der Waals surface area contributed by atoms with Gasteiger partial charge in [0.1, 0.15) is 17.1 Å². The maximum absolute atomic E-state index is 15.1. The molecular weight excluding hydrogens is 622 g/mol. The molecule has 2 aliphatic heterocycles. The second-order valence-corrected chi connectivity index (χ2v) is 11.4. The Morgan fingerprint density at radius 3 is 2.52 bits per heavy atom. The molecule has 212 valence electrons. The van der Waals surface area contributed by atoms with Gasteiger partial charge in [-0.15, -0.1) is 5.10 Å². The molecule has 4 aromatic carbocycles. The molecule has 6 aromatic rings. The highest BCUT2D eigenvalue weighted by atomic mass is 79.9. The van der Waals surface area contributed by atoms with E-state index in [0.29, 0.717) is 44.6 Å². The van der Waals surface area contributed by atoms with E-state index >= 15 is 4.79 Å². The Hall–Kier alpha value is -5.80. The molecule has 8 rings (SSSR count). The van der Waals surface area contributed by atoms with Gasteiger partial charge in [-0.2, -0.15) is 5.26 Å². The van der Waals surface area contributed by atoms with Crippen molar-refractivity contribution in [1.82, 2.24) is 25.0 Å². The number of nitrogens with zero attached hydrogens (tertiary/aromatic N) is 7. The number of aromatic nitrogens is 5. The number of fused-ring (bicyclic) bond motifs is 7. The van der Waals surface area contributed by atoms with Crippen LogP contribution in [0, 0.1) is 11.3 Å². The average molecular weight is 642 g/mol. The second kappa shape index (κ2) is 9.35. The van der Waals surface area contributed by atoms with Crippen molar-refractivity contribution in [3.8, 4) is 17.5 Å². The Kier molecular flexibility index (Phi) is 5.50. The van der Waals surface area contributed by atoms with Gasteiger partial charge in [0.15, 0.2) is 5.75 Å². The Bertz CT molecular complexity index is 2290. The topological polar surface area (TPSA) is 162 Å². The van der Waals surface area contributed by atoms with Crippen molar-refractivity contribution in [3.05, 3.63) is 118 Å². The molecule has 2 aromatic heterocycles. The van der Waals surface area contributed by atoms with Crippen molar-refractivity contribution in [2.24, 2.45) is 5.73 Å². The lowest BCUT2D eigenvalue weighted by atomic mass is 9.68. The van der Waals surface area contributed by atoms with Gasteiger partial charge in [0.2, 0.25) is 11.8 Å². The van der Waals surface area contributed by atoms with Crippen LogP contribution in [0.2, 0.25) is 0 Å². The van der Waals surface area contributed by atoms with Crippen molar-refractivity contribution >= 4 is 55.3 Å². The van der Waals surface area contributed by atoms with Gasteiger partial charge in [0, 0.05) is 15.7 Å². The van der Waals surface area contributed by atoms with Crippen LogP contribution in [0.1, 0.15) is 16.8 Å². The molecule has 0 fully saturated rings. The first-order valence-corrected chi connectivity index (χ1v) is 14.4. The molecule has 1 atom stereocenters. The number of rotatable bonds is 3. The van der Waals surface area contributed by atoms with Gasteiger partial charge < -0.3 is 21.1 Å². The molecule has 2 aliphatic rings. The summed E-state index contributed by atoms with van der Waals surface area (Å²) < 4.78 is 8.55. The van der Waals surface area contributed by atoms with Gasteiger partial charge in [-0.3, -0.25) is 4.79 Å². The molecule has 0 saturated carbocycles. The van der Waals surface area contributed by atoms with E-state index in [-0.39, 0.29) is 29.4 Å². The molecule has 11 nitrogen and oxygen atoms in total. The number of hydrogen-bond donors (Lipinski definition) is 2. The second-order valence-electron chi connectivity index (χ2n) is 10.5. The smallest absolute Gasteiger partial charge is 0.248 e. The lowest BCUT2D eigenvalue weighted by molar-refractivity contribution is -0.121. The number of nitriles is 1. The number of carbonyl (C=O) groups excluding carboxylic acids is 1. The minimum Gasteiger partial charge on any atom is -0.438 e. The molecule has 0 radical (unpaired) electrons. The summed E-state index contributed by atoms with van der Waals surface area (Å²) in [6, 6.07) is 26.2. The number of halogens is 1. The quantitative estimate of drug-likeness (QED) is 0.207. The first kappa shape index (κ1) is 25.9. The predicted octanol–water partition coefficient (Wildman–Crippen LogP) is 4.63. The third-order valence-electron chi connectivity index (χ3n) is 8.09. The highest BCUT2D eigenvalue weighted by Gasteiger charge is 2.60. The summed E-state index contributed by atoms with van der Waals surface area (Å²) in [5.74, 6) is -0.443. The standard InChI is InChI=1S/C32H20BrN9O2/c33-17-6-5-7-18(12-17)42-19(15-37-40-42)16-41-26-11-4-1-8-20(26)32(31(41)43)21(14-34)30(36)44-29-22(35)13-25-28(27(29)32)39-24-10-3-2-9-23(24)38-25/h1-13,15H,16,35-36H2. The van der Waals surface area contributed by atoms with Crippen LogP contribution >= 0.6 is 15.9 Å². The van der Waals surface area contributed by atoms with E-state index in [1.54, 1.807) is 21.8 Å². The average Bonchev–Trinajstić information content (AvgIpc) is 3.59. The van der Waals surface area contributed by atoms with Crippen LogP contribution in [0.15, 0.2) is 101 Å². The Morgan fingerprint density at radius 1 is 0.955 bits per heavy atom. The van der Waals surface area contributed by atoms with Gasteiger partial charge >= 0.3 is 0 Å². The van der Waals surface area contributed by atoms with Crippen molar-refractivity contribution in [3.63, 3.8) is 0 Å². The lowest BCUT2D eigenvalue weighted by Gasteiger charge is -2.35. The molecule has 1 amide bonds. The van der Waals surface area contributed by atoms with Gasteiger partial charge in [0.05, 0.1) is 57.4 Å². The zero-order chi connectivity index (χ0) is 30.2. The summed E-state index contributed by atoms with van der Waals surface area (Å²) in [6.45, 7) is 0.0980. The van der Waals surface area contributed by atoms with E-state index in [4.69, 9.17) is 26.2 Å². The molecule has 0 bridgehead atoms. The van der Waals surface area contributed by atoms with E-state index in [1.165, 1.54) is 0 Å². The monoisotopic (exact) mass is 641 g/mol. The van der Waals surface area contributed by atoms with E-state index in [2.05, 4.69) is 32.3 Å². The minimum absolute atomic E-state index is 0.0505. The van der Waals surface area contributed by atoms with Crippen molar-refractivity contribution in [2.45, 2.75) is 12.0 Å². The highest BCUT2D eigenvalue weighted by Crippen LogP contribution is 2.58. The summed E-state index contributed by atoms with van der Waals surface area (Å²) in [6.07, 6.45) is 1.61. The molecule has 12 heteroatoms. The third kappa shape index (κ3) is 3.44. The van der Waals surface area contributed by atoms with Gasteiger partial charge in [-0.25, -0.2) is 14.6 Å². The number of hydrogen-bond acceptors (Lipinski definition) is 9. The zero-order valence-corrected chi connectivity index (χ0v) is 24.4. The molecule has 44 heavy (non-hydrogen) atoms. The van der Waals surface area contributed by atoms with Crippen LogP contribution in [0.25, 0.3) is 27.8 Å². The molecule has 0 aliphatic carbocycles. The van der Waals surface area contributed by atoms with Crippen molar-refractivity contribution in [2.75, 3.05) is 10.6 Å². The largest absolute Gasteiger partial charge is 0.438 e. The van der Waals surface area contributed by atoms with Crippen LogP contribution in [-0.2, 0) is 16.8 Å². The number of anilines is 2. The van der Waals surface area contributed by atoms with Crippen LogP contribution in [-0.4, -0.2) is 30.9 Å². The highest BCUT2D eigenvalue weighted by molar-refractivity contribution is 9.10. The third-order valence-corrected chi connectivity index (χ3v) is 8.59. The Morgan fingerprint density at radius 2 is 1.73 bits per heavy atom. The first-order valence-electron chi connectivity index (χ1n) is 13.6. The Balaban J connectivity index is 1.41. The molecule has 1 spiro atoms. The van der Waals surface area contributed by atoms with E-state index in [9.17, 15) is 5.26 Å². The number of para-hydroxylation sites is 3. The summed E-state index contributed by atoms with van der Waals surface area (Å²) in [5, 5.41) is 19.0. The van der Waals surface area contributed by atoms with Crippen LogP contribution in [0.5, 0.6) is 5.75 Å². The fraction of sp³-hybridized carbons (Fsp3) is 0.0625. The van der Waals surface area contributed by atoms with Crippen molar-refractivity contribution < 1.29 is 9.53 Å². The van der Waals surface area contributed by atoms with Gasteiger partial charge in [-0.1, -0.05) is 57.5 Å². The summed E-state index contributed by atoms with van der Waals surface area (Å²) in [4.78, 5) is 26.5. The normalized spacial score (nSPS) is 17.2. The Labute approximate surface area is 258 Å². The SMILES string of the molecule is N#CC1=C(N)Oc2c(N)cc3nc4ccccc4nc3c2C12C(=O)N(Cc1cnnn1-c1cccc(Br)c1)c1ccccc12. The van der Waals surface area contributed by atoms with Crippen LogP contribution in [0.4, 0.5) is 11.4 Å². The summed E-state index contributed by atoms with van der Waals surface area (Å²) in [7, 11) is 0. The molecule has 1 unspecified atom stereocenters. The maximum Gasteiger partial charge on any atom is 0.248 e. The molecular formula is C32H20BrN9O2. The zero-order valence-electron chi connectivity index (χ0n) is 22.8. The minimum atomic E-state index is -1.71. The number of carbonyl (C=O) groups is 1. The first-order chi connectivity index (χ1) is 21.4. The molecule has 0 saturated heterocycles. The number of nitrogen functional groups attached to an aromatic ring is 1. The number of benzene rings is 4. The summed E-state index contributed by atoms with van der Waals surface area (Å²) in [5.41, 5.74) is 16.4. The van der Waals surface area contributed by atoms with Gasteiger partial charge in [-0.05, 0) is 42.5 Å². The fourth-order valence-electron chi connectivity index (χ4n) is 6.28. The van der Waals surface area contributed by atoms with Gasteiger partial charge in [0.25, 0.3) is 0 Å². The van der Waals surface area contributed by atoms with E-state index < -0.39 is 11.3 Å². The molecule has 4 heterocycles. The predicted molar refractivity (Wildman–Crippen MR) is 166 cm³/mol. The number of ether oxygens (including phenoxy) is 1. The van der Waals surface area contributed by atoms with Crippen molar-refractivity contribution in [1.29, 1.82) is 5.26 Å². The molecule has 4 N–H and O–H groups in total. The summed E-state index contributed by atoms with van der Waals surface area (Å²) >= 11 is 3.51. The van der Waals surface area contributed by atoms with Crippen LogP contribution in [0.3, 0.4) is 0 Å². The number of nitrogens with two attached hydrogens (primary N) is 2. The lowest BCUT2D eigenvalue weighted by Crippen LogP contribution is -2.46. The fourth-order valence-corrected chi connectivity index (χ4v) is 6.66. The van der Waals surface area contributed by atoms with E-state index in [0.717, 1.165) is 10.2 Å². The number of amides is 1.